The number of nitrogens with one attached hydrogen (secondary N) is 1. The van der Waals surface area contributed by atoms with Crippen molar-refractivity contribution in [3.63, 3.8) is 0 Å². The summed E-state index contributed by atoms with van der Waals surface area (Å²) in [5, 5.41) is 12.9. The Bertz CT molecular complexity index is 320. The van der Waals surface area contributed by atoms with Gasteiger partial charge in [-0.2, -0.15) is 0 Å². The second kappa shape index (κ2) is 4.77. The van der Waals surface area contributed by atoms with Crippen LogP contribution in [0.4, 0.5) is 0 Å². The van der Waals surface area contributed by atoms with E-state index in [0.717, 1.165) is 6.54 Å². The zero-order valence-electron chi connectivity index (χ0n) is 9.24. The van der Waals surface area contributed by atoms with Gasteiger partial charge < -0.3 is 10.4 Å². The normalized spacial score (nSPS) is 17.7. The van der Waals surface area contributed by atoms with E-state index in [9.17, 15) is 5.11 Å². The molecule has 1 aromatic rings. The lowest BCUT2D eigenvalue weighted by Crippen LogP contribution is -2.25. The third-order valence-electron chi connectivity index (χ3n) is 3.08. The van der Waals surface area contributed by atoms with Crippen molar-refractivity contribution in [3.05, 3.63) is 35.4 Å². The molecule has 1 aromatic carbocycles. The molecular weight excluding hydrogens is 186 g/mol. The number of rotatable bonds is 5. The monoisotopic (exact) mass is 205 g/mol. The average Bonchev–Trinajstić information content (AvgIpc) is 3.05. The van der Waals surface area contributed by atoms with Crippen LogP contribution in [0.2, 0.25) is 0 Å². The first-order valence-electron chi connectivity index (χ1n) is 5.71. The van der Waals surface area contributed by atoms with E-state index in [4.69, 9.17) is 0 Å². The first-order valence-corrected chi connectivity index (χ1v) is 5.71. The molecule has 15 heavy (non-hydrogen) atoms. The Balaban J connectivity index is 2.00. The molecule has 0 aromatic heterocycles. The molecule has 2 nitrogen and oxygen atoms in total. The van der Waals surface area contributed by atoms with Gasteiger partial charge in [0, 0.05) is 18.5 Å². The second-order valence-electron chi connectivity index (χ2n) is 4.42. The van der Waals surface area contributed by atoms with Crippen molar-refractivity contribution in [2.45, 2.75) is 31.7 Å². The third-order valence-corrected chi connectivity index (χ3v) is 3.08. The minimum Gasteiger partial charge on any atom is -0.396 e. The van der Waals surface area contributed by atoms with E-state index in [1.165, 1.54) is 24.0 Å². The van der Waals surface area contributed by atoms with Gasteiger partial charge >= 0.3 is 0 Å². The van der Waals surface area contributed by atoms with Gasteiger partial charge in [0.15, 0.2) is 0 Å². The van der Waals surface area contributed by atoms with Crippen molar-refractivity contribution >= 4 is 0 Å². The van der Waals surface area contributed by atoms with Crippen LogP contribution in [0.15, 0.2) is 24.3 Å². The van der Waals surface area contributed by atoms with Crippen molar-refractivity contribution in [1.29, 1.82) is 0 Å². The molecular formula is C13H19NO. The van der Waals surface area contributed by atoms with Gasteiger partial charge in [0.2, 0.25) is 0 Å². The quantitative estimate of drug-likeness (QED) is 0.768. The van der Waals surface area contributed by atoms with Gasteiger partial charge in [0.05, 0.1) is 6.61 Å². The Morgan fingerprint density at radius 3 is 2.73 bits per heavy atom. The van der Waals surface area contributed by atoms with E-state index in [1.54, 1.807) is 0 Å². The molecule has 1 atom stereocenters. The molecule has 2 N–H and O–H groups in total. The second-order valence-corrected chi connectivity index (χ2v) is 4.42. The van der Waals surface area contributed by atoms with Crippen LogP contribution in [-0.4, -0.2) is 24.3 Å². The summed E-state index contributed by atoms with van der Waals surface area (Å²) < 4.78 is 0. The highest BCUT2D eigenvalue weighted by molar-refractivity contribution is 5.29. The van der Waals surface area contributed by atoms with Gasteiger partial charge in [0.1, 0.15) is 0 Å². The molecule has 0 saturated heterocycles. The minimum absolute atomic E-state index is 0.227. The molecule has 0 amide bonds. The molecule has 1 aliphatic rings. The van der Waals surface area contributed by atoms with Gasteiger partial charge in [-0.15, -0.1) is 0 Å². The summed E-state index contributed by atoms with van der Waals surface area (Å²) >= 11 is 0. The molecule has 0 bridgehead atoms. The summed E-state index contributed by atoms with van der Waals surface area (Å²) in [4.78, 5) is 0. The van der Waals surface area contributed by atoms with Gasteiger partial charge in [-0.05, 0) is 30.9 Å². The van der Waals surface area contributed by atoms with E-state index in [2.05, 4.69) is 24.4 Å². The topological polar surface area (TPSA) is 32.3 Å². The summed E-state index contributed by atoms with van der Waals surface area (Å²) in [5.74, 6) is 0.242. The predicted octanol–water partition coefficient (Wildman–Crippen LogP) is 1.82. The number of aliphatic hydroxyl groups is 1. The van der Waals surface area contributed by atoms with Crippen LogP contribution in [0.1, 0.15) is 29.9 Å². The minimum atomic E-state index is 0.227. The summed E-state index contributed by atoms with van der Waals surface area (Å²) in [6, 6.07) is 9.02. The molecule has 0 spiro atoms. The van der Waals surface area contributed by atoms with Gasteiger partial charge in [-0.25, -0.2) is 0 Å². The number of aryl methyl sites for hydroxylation is 1. The van der Waals surface area contributed by atoms with Gasteiger partial charge in [-0.3, -0.25) is 0 Å². The number of hydrogen-bond acceptors (Lipinski definition) is 2. The molecule has 82 valence electrons. The molecule has 1 aliphatic carbocycles. The van der Waals surface area contributed by atoms with Crippen molar-refractivity contribution in [2.24, 2.45) is 0 Å². The lowest BCUT2D eigenvalue weighted by Gasteiger charge is -2.17. The summed E-state index contributed by atoms with van der Waals surface area (Å²) in [6.45, 7) is 3.23. The average molecular weight is 205 g/mol. The maximum Gasteiger partial charge on any atom is 0.0512 e. The number of hydrogen-bond donors (Lipinski definition) is 2. The Morgan fingerprint density at radius 1 is 1.40 bits per heavy atom. The Morgan fingerprint density at radius 2 is 2.13 bits per heavy atom. The van der Waals surface area contributed by atoms with Crippen LogP contribution in [0, 0.1) is 6.92 Å². The fourth-order valence-corrected chi connectivity index (χ4v) is 1.91. The summed E-state index contributed by atoms with van der Waals surface area (Å²) in [5.41, 5.74) is 2.54. The van der Waals surface area contributed by atoms with Crippen molar-refractivity contribution in [2.75, 3.05) is 13.2 Å². The standard InChI is InChI=1S/C13H19NO/c1-10-4-2-3-5-13(10)11(9-15)8-14-12-6-7-12/h2-5,11-12,14-15H,6-9H2,1H3. The number of benzene rings is 1. The maximum absolute atomic E-state index is 9.40. The van der Waals surface area contributed by atoms with E-state index in [0.29, 0.717) is 6.04 Å². The zero-order chi connectivity index (χ0) is 10.7. The Hall–Kier alpha value is -0.860. The molecule has 2 heteroatoms. The largest absolute Gasteiger partial charge is 0.396 e. The molecule has 1 unspecified atom stereocenters. The van der Waals surface area contributed by atoms with Crippen LogP contribution in [-0.2, 0) is 0 Å². The van der Waals surface area contributed by atoms with Crippen LogP contribution in [0.3, 0.4) is 0 Å². The van der Waals surface area contributed by atoms with Crippen molar-refractivity contribution < 1.29 is 5.11 Å². The van der Waals surface area contributed by atoms with Crippen molar-refractivity contribution in [3.8, 4) is 0 Å². The molecule has 1 fully saturated rings. The zero-order valence-corrected chi connectivity index (χ0v) is 9.24. The Labute approximate surface area is 91.3 Å². The molecule has 0 aliphatic heterocycles. The highest BCUT2D eigenvalue weighted by Crippen LogP contribution is 2.22. The first kappa shape index (κ1) is 10.7. The van der Waals surface area contributed by atoms with E-state index in [1.807, 2.05) is 12.1 Å². The van der Waals surface area contributed by atoms with Crippen molar-refractivity contribution in [1.82, 2.24) is 5.32 Å². The molecule has 1 saturated carbocycles. The summed E-state index contributed by atoms with van der Waals surface area (Å²) in [7, 11) is 0. The van der Waals surface area contributed by atoms with Crippen LogP contribution in [0.25, 0.3) is 0 Å². The third kappa shape index (κ3) is 2.80. The SMILES string of the molecule is Cc1ccccc1C(CO)CNC1CC1. The molecule has 0 heterocycles. The van der Waals surface area contributed by atoms with Crippen LogP contribution < -0.4 is 5.32 Å². The lowest BCUT2D eigenvalue weighted by atomic mass is 9.95. The molecule has 0 radical (unpaired) electrons. The highest BCUT2D eigenvalue weighted by atomic mass is 16.3. The van der Waals surface area contributed by atoms with E-state index < -0.39 is 0 Å². The fourth-order valence-electron chi connectivity index (χ4n) is 1.91. The number of aliphatic hydroxyl groups excluding tert-OH is 1. The van der Waals surface area contributed by atoms with Gasteiger partial charge in [0.25, 0.3) is 0 Å². The molecule has 2 rings (SSSR count). The van der Waals surface area contributed by atoms with Gasteiger partial charge in [-0.1, -0.05) is 24.3 Å². The predicted molar refractivity (Wildman–Crippen MR) is 62.0 cm³/mol. The first-order chi connectivity index (χ1) is 7.31. The Kier molecular flexibility index (Phi) is 3.39. The smallest absolute Gasteiger partial charge is 0.0512 e. The summed E-state index contributed by atoms with van der Waals surface area (Å²) in [6.07, 6.45) is 2.60. The van der Waals surface area contributed by atoms with Crippen LogP contribution in [0.5, 0.6) is 0 Å². The maximum atomic E-state index is 9.40. The van der Waals surface area contributed by atoms with Crippen LogP contribution >= 0.6 is 0 Å². The fraction of sp³-hybridized carbons (Fsp3) is 0.538. The van der Waals surface area contributed by atoms with E-state index >= 15 is 0 Å². The highest BCUT2D eigenvalue weighted by Gasteiger charge is 2.22. The lowest BCUT2D eigenvalue weighted by molar-refractivity contribution is 0.261. The van der Waals surface area contributed by atoms with E-state index in [-0.39, 0.29) is 12.5 Å².